The third-order valence-corrected chi connectivity index (χ3v) is 5.88. The average Bonchev–Trinajstić information content (AvgIpc) is 3.04. The van der Waals surface area contributed by atoms with Gasteiger partial charge in [0.1, 0.15) is 11.4 Å². The molecule has 1 fully saturated rings. The summed E-state index contributed by atoms with van der Waals surface area (Å²) in [5.74, 6) is -2.10. The topological polar surface area (TPSA) is 89.5 Å². The number of carboxylic acids is 1. The number of rotatable bonds is 5. The molecule has 2 aliphatic rings. The number of aliphatic carboxylic acids is 1. The summed E-state index contributed by atoms with van der Waals surface area (Å²) in [6.07, 6.45) is 0.161. The van der Waals surface area contributed by atoms with Crippen LogP contribution in [0.3, 0.4) is 0 Å². The van der Waals surface area contributed by atoms with Gasteiger partial charge in [-0.3, -0.25) is 14.5 Å². The molecule has 4 rings (SSSR count). The van der Waals surface area contributed by atoms with Crippen molar-refractivity contribution in [2.45, 2.75) is 17.8 Å². The van der Waals surface area contributed by atoms with Crippen molar-refractivity contribution in [3.63, 3.8) is 0 Å². The second-order valence-electron chi connectivity index (χ2n) is 6.26. The molecule has 6 nitrogen and oxygen atoms in total. The van der Waals surface area contributed by atoms with Gasteiger partial charge in [-0.05, 0) is 11.1 Å². The number of amides is 2. The van der Waals surface area contributed by atoms with Gasteiger partial charge in [0.15, 0.2) is 0 Å². The van der Waals surface area contributed by atoms with Crippen LogP contribution in [0.2, 0.25) is 0 Å². The van der Waals surface area contributed by atoms with E-state index in [9.17, 15) is 19.5 Å². The van der Waals surface area contributed by atoms with Crippen LogP contribution in [0.1, 0.15) is 11.1 Å². The molecule has 28 heavy (non-hydrogen) atoms. The fraction of sp³-hybridized carbons (Fsp3) is 0.150. The fourth-order valence-corrected chi connectivity index (χ4v) is 4.67. The maximum absolute atomic E-state index is 12.5. The molecule has 1 saturated heterocycles. The minimum absolute atomic E-state index is 0. The molecule has 8 heteroatoms. The molecule has 0 aliphatic carbocycles. The maximum atomic E-state index is 12.5. The van der Waals surface area contributed by atoms with Crippen molar-refractivity contribution in [2.75, 3.05) is 0 Å². The van der Waals surface area contributed by atoms with E-state index >= 15 is 0 Å². The Hall–Kier alpha value is -2.06. The number of thioether (sulfide) groups is 1. The van der Waals surface area contributed by atoms with Gasteiger partial charge in [0.25, 0.3) is 5.91 Å². The standard InChI is InChI=1S/C20H16N2O4S.Na/c23-14(11-12-7-3-1-4-8-12)21-15-18(24)22-16(20(25)26)17(27-19(15)22)13-9-5-2-6-10-13;/h1-10,15,19H,11H2,(H,21,23)(H,25,26);/q;+1/p-1/t15?,19-;/m0./s1. The molecule has 2 aromatic carbocycles. The van der Waals surface area contributed by atoms with E-state index in [0.29, 0.717) is 10.5 Å². The van der Waals surface area contributed by atoms with E-state index in [1.807, 2.05) is 36.4 Å². The van der Waals surface area contributed by atoms with Gasteiger partial charge in [0.2, 0.25) is 5.91 Å². The number of carbonyl (C=O) groups excluding carboxylic acids is 3. The molecule has 2 aromatic rings. The summed E-state index contributed by atoms with van der Waals surface area (Å²) in [7, 11) is 0. The molecule has 2 amide bonds. The molecule has 0 spiro atoms. The van der Waals surface area contributed by atoms with Crippen molar-refractivity contribution in [1.29, 1.82) is 0 Å². The number of benzene rings is 2. The summed E-state index contributed by atoms with van der Waals surface area (Å²) in [5, 5.41) is 13.9. The van der Waals surface area contributed by atoms with Gasteiger partial charge in [0.05, 0.1) is 18.1 Å². The summed E-state index contributed by atoms with van der Waals surface area (Å²) in [5.41, 5.74) is 1.42. The summed E-state index contributed by atoms with van der Waals surface area (Å²) < 4.78 is 0. The third kappa shape index (κ3) is 3.75. The second-order valence-corrected chi connectivity index (χ2v) is 7.38. The number of nitrogens with zero attached hydrogens (tertiary/aromatic N) is 1. The number of hydrogen-bond acceptors (Lipinski definition) is 5. The predicted octanol–water partition coefficient (Wildman–Crippen LogP) is -2.25. The summed E-state index contributed by atoms with van der Waals surface area (Å²) in [6, 6.07) is 17.5. The van der Waals surface area contributed by atoms with Gasteiger partial charge >= 0.3 is 29.6 Å². The zero-order valence-corrected chi connectivity index (χ0v) is 17.9. The van der Waals surface area contributed by atoms with Crippen LogP contribution in [0.25, 0.3) is 4.91 Å². The summed E-state index contributed by atoms with van der Waals surface area (Å²) in [6.45, 7) is 0. The van der Waals surface area contributed by atoms with Crippen LogP contribution in [0.15, 0.2) is 66.4 Å². The molecule has 0 radical (unpaired) electrons. The zero-order chi connectivity index (χ0) is 19.0. The second kappa shape index (κ2) is 8.53. The largest absolute Gasteiger partial charge is 1.00 e. The number of fused-ring (bicyclic) bond motifs is 1. The number of carbonyl (C=O) groups is 3. The fourth-order valence-electron chi connectivity index (χ4n) is 3.23. The summed E-state index contributed by atoms with van der Waals surface area (Å²) in [4.78, 5) is 38.1. The first-order valence-corrected chi connectivity index (χ1v) is 9.28. The van der Waals surface area contributed by atoms with Crippen LogP contribution >= 0.6 is 11.8 Å². The molecule has 0 bridgehead atoms. The van der Waals surface area contributed by atoms with Crippen molar-refractivity contribution >= 4 is 34.5 Å². The number of nitrogens with one attached hydrogen (secondary N) is 1. The molecular weight excluding hydrogens is 387 g/mol. The number of carboxylic acid groups (broad SMARTS) is 1. The van der Waals surface area contributed by atoms with Gasteiger partial charge in [-0.15, -0.1) is 0 Å². The van der Waals surface area contributed by atoms with E-state index < -0.39 is 23.3 Å². The Labute approximate surface area is 188 Å². The predicted molar refractivity (Wildman–Crippen MR) is 98.7 cm³/mol. The minimum atomic E-state index is -1.40. The quantitative estimate of drug-likeness (QED) is 0.451. The molecule has 136 valence electrons. The Bertz CT molecular complexity index is 949. The van der Waals surface area contributed by atoms with E-state index in [1.54, 1.807) is 24.3 Å². The molecule has 0 aromatic heterocycles. The van der Waals surface area contributed by atoms with Gasteiger partial charge in [-0.1, -0.05) is 72.4 Å². The van der Waals surface area contributed by atoms with E-state index in [1.165, 1.54) is 16.7 Å². The Morgan fingerprint density at radius 1 is 1.04 bits per heavy atom. The van der Waals surface area contributed by atoms with Gasteiger partial charge < -0.3 is 15.2 Å². The molecular formula is C20H15N2NaO4S. The van der Waals surface area contributed by atoms with Crippen molar-refractivity contribution in [1.82, 2.24) is 10.2 Å². The minimum Gasteiger partial charge on any atom is -0.543 e. The number of β-lactam (4-membered cyclic amide) rings is 1. The molecule has 1 N–H and O–H groups in total. The average molecular weight is 402 g/mol. The van der Waals surface area contributed by atoms with Gasteiger partial charge in [0, 0.05) is 4.91 Å². The van der Waals surface area contributed by atoms with Crippen molar-refractivity contribution < 1.29 is 49.0 Å². The van der Waals surface area contributed by atoms with Gasteiger partial charge in [-0.25, -0.2) is 0 Å². The first-order valence-electron chi connectivity index (χ1n) is 8.40. The Morgan fingerprint density at radius 3 is 2.25 bits per heavy atom. The molecule has 0 saturated carbocycles. The van der Waals surface area contributed by atoms with Crippen molar-refractivity contribution in [3.8, 4) is 0 Å². The van der Waals surface area contributed by atoms with E-state index in [2.05, 4.69) is 5.32 Å². The summed E-state index contributed by atoms with van der Waals surface area (Å²) >= 11 is 1.26. The zero-order valence-electron chi connectivity index (χ0n) is 15.1. The van der Waals surface area contributed by atoms with Crippen LogP contribution in [0, 0.1) is 0 Å². The van der Waals surface area contributed by atoms with Crippen LogP contribution in [0.5, 0.6) is 0 Å². The van der Waals surface area contributed by atoms with E-state index in [4.69, 9.17) is 0 Å². The Balaban J connectivity index is 0.00000225. The van der Waals surface area contributed by atoms with Gasteiger partial charge in [-0.2, -0.15) is 0 Å². The normalized spacial score (nSPS) is 20.1. The van der Waals surface area contributed by atoms with Crippen LogP contribution in [0.4, 0.5) is 0 Å². The molecule has 2 atom stereocenters. The molecule has 2 heterocycles. The van der Waals surface area contributed by atoms with Crippen molar-refractivity contribution in [3.05, 3.63) is 77.5 Å². The first kappa shape index (κ1) is 20.7. The van der Waals surface area contributed by atoms with E-state index in [0.717, 1.165) is 5.56 Å². The Kier molecular flexibility index (Phi) is 6.30. The maximum Gasteiger partial charge on any atom is 1.00 e. The third-order valence-electron chi connectivity index (χ3n) is 4.49. The smallest absolute Gasteiger partial charge is 0.543 e. The van der Waals surface area contributed by atoms with Crippen LogP contribution in [-0.4, -0.2) is 34.1 Å². The number of hydrogen-bond donors (Lipinski definition) is 1. The monoisotopic (exact) mass is 402 g/mol. The first-order chi connectivity index (χ1) is 13.1. The van der Waals surface area contributed by atoms with Crippen LogP contribution in [-0.2, 0) is 20.8 Å². The SMILES string of the molecule is O=C(Cc1ccccc1)NC1C(=O)N2C(C(=O)[O-])=C(c3ccccc3)S[C@@H]12.[Na+]. The Morgan fingerprint density at radius 2 is 1.64 bits per heavy atom. The van der Waals surface area contributed by atoms with E-state index in [-0.39, 0.29) is 47.6 Å². The molecule has 2 aliphatic heterocycles. The molecule has 1 unspecified atom stereocenters. The van der Waals surface area contributed by atoms with Crippen molar-refractivity contribution in [2.24, 2.45) is 0 Å². The van der Waals surface area contributed by atoms with Crippen LogP contribution < -0.4 is 40.0 Å².